The van der Waals surface area contributed by atoms with Crippen molar-refractivity contribution in [3.8, 4) is 0 Å². The monoisotopic (exact) mass is 701 g/mol. The van der Waals surface area contributed by atoms with E-state index in [1.807, 2.05) is 42.6 Å². The fourth-order valence-electron chi connectivity index (χ4n) is 4.77. The fourth-order valence-corrected chi connectivity index (χ4v) is 6.93. The number of thioether (sulfide) groups is 2. The van der Waals surface area contributed by atoms with Crippen molar-refractivity contribution < 1.29 is 31.8 Å². The molecule has 0 aliphatic carbocycles. The third-order valence-corrected chi connectivity index (χ3v) is 9.29. The van der Waals surface area contributed by atoms with Crippen LogP contribution < -0.4 is 9.80 Å². The highest BCUT2D eigenvalue weighted by molar-refractivity contribution is 7.99. The van der Waals surface area contributed by atoms with Crippen LogP contribution in [0.5, 0.6) is 0 Å². The van der Waals surface area contributed by atoms with Gasteiger partial charge in [0.25, 0.3) is 0 Å². The van der Waals surface area contributed by atoms with Gasteiger partial charge >= 0.3 is 16.4 Å². The summed E-state index contributed by atoms with van der Waals surface area (Å²) in [7, 11) is -4.67. The molecule has 3 heterocycles. The quantitative estimate of drug-likeness (QED) is 0.235. The molecule has 0 unspecified atom stereocenters. The van der Waals surface area contributed by atoms with Crippen molar-refractivity contribution >= 4 is 68.5 Å². The van der Waals surface area contributed by atoms with E-state index in [1.54, 1.807) is 0 Å². The lowest BCUT2D eigenvalue weighted by Crippen LogP contribution is -2.40. The highest BCUT2D eigenvalue weighted by atomic mass is 32.3. The van der Waals surface area contributed by atoms with E-state index in [2.05, 4.69) is 51.1 Å². The van der Waals surface area contributed by atoms with E-state index in [1.165, 1.54) is 39.9 Å². The molecule has 252 valence electrons. The third-order valence-electron chi connectivity index (χ3n) is 7.00. The van der Waals surface area contributed by atoms with Gasteiger partial charge in [0.05, 0.1) is 31.2 Å². The van der Waals surface area contributed by atoms with Crippen molar-refractivity contribution in [3.05, 3.63) is 59.7 Å². The number of carbonyl (C=O) groups is 1. The van der Waals surface area contributed by atoms with Gasteiger partial charge < -0.3 is 24.2 Å². The van der Waals surface area contributed by atoms with Gasteiger partial charge in [-0.25, -0.2) is 0 Å². The summed E-state index contributed by atoms with van der Waals surface area (Å²) in [5.74, 6) is 4.72. The van der Waals surface area contributed by atoms with Crippen LogP contribution in [0.25, 0.3) is 0 Å². The molecule has 0 amide bonds. The molecule has 0 atom stereocenters. The molecule has 3 saturated heterocycles. The fraction of sp³-hybridized carbons (Fsp3) is 0.548. The zero-order valence-corrected chi connectivity index (χ0v) is 28.4. The molecule has 0 aromatic heterocycles. The Morgan fingerprint density at radius 3 is 1.60 bits per heavy atom. The number of benzene rings is 2. The van der Waals surface area contributed by atoms with Crippen LogP contribution in [0.4, 0.5) is 11.4 Å². The average molecular weight is 702 g/mol. The Morgan fingerprint density at radius 2 is 1.20 bits per heavy atom. The summed E-state index contributed by atoms with van der Waals surface area (Å²) in [6.45, 7) is 10.3. The second kappa shape index (κ2) is 20.9. The van der Waals surface area contributed by atoms with Gasteiger partial charge in [-0.3, -0.25) is 13.9 Å². The van der Waals surface area contributed by atoms with Gasteiger partial charge in [-0.1, -0.05) is 43.9 Å². The number of morpholine rings is 1. The van der Waals surface area contributed by atoms with E-state index >= 15 is 0 Å². The van der Waals surface area contributed by atoms with E-state index in [4.69, 9.17) is 39.2 Å². The van der Waals surface area contributed by atoms with Gasteiger partial charge in [-0.15, -0.1) is 0 Å². The van der Waals surface area contributed by atoms with Crippen molar-refractivity contribution in [2.45, 2.75) is 27.2 Å². The molecule has 5 rings (SSSR count). The van der Waals surface area contributed by atoms with Crippen molar-refractivity contribution in [1.29, 1.82) is 0 Å². The predicted molar refractivity (Wildman–Crippen MR) is 192 cm³/mol. The maximum atomic E-state index is 11.4. The molecule has 14 heteroatoms. The average Bonchev–Trinajstić information content (AvgIpc) is 3.03. The van der Waals surface area contributed by atoms with Gasteiger partial charge in [0.2, 0.25) is 0 Å². The lowest BCUT2D eigenvalue weighted by Gasteiger charge is -2.30. The van der Waals surface area contributed by atoms with Crippen LogP contribution >= 0.6 is 35.7 Å². The lowest BCUT2D eigenvalue weighted by molar-refractivity contribution is -0.142. The van der Waals surface area contributed by atoms with Gasteiger partial charge in [0.1, 0.15) is 0 Å². The minimum atomic E-state index is -4.67. The van der Waals surface area contributed by atoms with E-state index < -0.39 is 10.4 Å². The Kier molecular flexibility index (Phi) is 18.2. The van der Waals surface area contributed by atoms with E-state index in [0.717, 1.165) is 69.5 Å². The predicted octanol–water partition coefficient (Wildman–Crippen LogP) is 4.77. The van der Waals surface area contributed by atoms with Crippen molar-refractivity contribution in [2.24, 2.45) is 0 Å². The zero-order valence-electron chi connectivity index (χ0n) is 25.1. The molecule has 3 aliphatic heterocycles. The Bertz CT molecular complexity index is 1240. The van der Waals surface area contributed by atoms with Crippen LogP contribution in [0.2, 0.25) is 0 Å². The number of hydrogen-bond acceptors (Lipinski definition) is 10. The number of thiocarbonyl (C=S) groups is 1. The SMILES string of the molecule is C.CCOC(=O)Cc1ccc(N2CCSCC2)cc1.O=S(=O)(O)O.S=C(Cc1ccc(N2CCSCC2)cc1)N1CCOCC1. The molecule has 45 heavy (non-hydrogen) atoms. The number of esters is 1. The summed E-state index contributed by atoms with van der Waals surface area (Å²) >= 11 is 9.62. The van der Waals surface area contributed by atoms with Gasteiger partial charge in [0, 0.05) is 80.1 Å². The van der Waals surface area contributed by atoms with E-state index in [9.17, 15) is 4.79 Å². The number of ether oxygens (including phenoxy) is 2. The molecule has 10 nitrogen and oxygen atoms in total. The molecule has 2 aromatic carbocycles. The third kappa shape index (κ3) is 15.9. The standard InChI is InChI=1S/C16H22N2OS2.C14H19NO2S.CH4.H2O4S/c20-16(18-5-9-19-10-6-18)13-14-1-3-15(4-2-14)17-7-11-21-12-8-17;1-2-17-14(16)11-12-3-5-13(6-4-12)15-7-9-18-10-8-15;;1-5(2,3)4/h1-4H,5-13H2;3-6H,2,7-11H2,1H3;1H4;(H2,1,2,3,4). The molecule has 3 aliphatic rings. The summed E-state index contributed by atoms with van der Waals surface area (Å²) in [5.41, 5.74) is 4.92. The molecular formula is C31H47N3O7S4. The molecule has 0 spiro atoms. The van der Waals surface area contributed by atoms with Crippen molar-refractivity contribution in [3.63, 3.8) is 0 Å². The zero-order chi connectivity index (χ0) is 31.8. The van der Waals surface area contributed by atoms with E-state index in [-0.39, 0.29) is 13.4 Å². The Labute approximate surface area is 282 Å². The number of carbonyl (C=O) groups excluding carboxylic acids is 1. The number of hydrogen-bond donors (Lipinski definition) is 2. The van der Waals surface area contributed by atoms with Crippen LogP contribution in [0.1, 0.15) is 25.5 Å². The first-order chi connectivity index (χ1) is 21.1. The second-order valence-corrected chi connectivity index (χ2v) is 13.9. The summed E-state index contributed by atoms with van der Waals surface area (Å²) in [6.07, 6.45) is 1.23. The summed E-state index contributed by atoms with van der Waals surface area (Å²) in [6, 6.07) is 17.2. The van der Waals surface area contributed by atoms with E-state index in [0.29, 0.717) is 13.0 Å². The molecule has 3 fully saturated rings. The first-order valence-corrected chi connectivity index (χ1v) is 18.8. The van der Waals surface area contributed by atoms with Crippen molar-refractivity contribution in [1.82, 2.24) is 4.90 Å². The molecule has 2 N–H and O–H groups in total. The van der Waals surface area contributed by atoms with Crippen LogP contribution in [-0.2, 0) is 37.5 Å². The highest BCUT2D eigenvalue weighted by Crippen LogP contribution is 2.21. The van der Waals surface area contributed by atoms with Crippen LogP contribution in [0.15, 0.2) is 48.5 Å². The molecular weight excluding hydrogens is 655 g/mol. The largest absolute Gasteiger partial charge is 0.466 e. The minimum Gasteiger partial charge on any atom is -0.466 e. The normalized spacial score (nSPS) is 16.6. The highest BCUT2D eigenvalue weighted by Gasteiger charge is 2.15. The van der Waals surface area contributed by atoms with Gasteiger partial charge in [0.15, 0.2) is 0 Å². The lowest BCUT2D eigenvalue weighted by atomic mass is 10.1. The van der Waals surface area contributed by atoms with Crippen LogP contribution in [-0.4, -0.2) is 115 Å². The molecule has 2 aromatic rings. The Balaban J connectivity index is 0.000000270. The Hall–Kier alpha value is -2.07. The number of nitrogens with zero attached hydrogens (tertiary/aromatic N) is 3. The minimum absolute atomic E-state index is 0. The topological polar surface area (TPSA) is 120 Å². The smallest absolute Gasteiger partial charge is 0.394 e. The molecule has 0 radical (unpaired) electrons. The second-order valence-electron chi connectivity index (χ2n) is 10.1. The summed E-state index contributed by atoms with van der Waals surface area (Å²) < 4.78 is 41.9. The van der Waals surface area contributed by atoms with Crippen molar-refractivity contribution in [2.75, 3.05) is 91.9 Å². The van der Waals surface area contributed by atoms with Crippen LogP contribution in [0, 0.1) is 0 Å². The van der Waals surface area contributed by atoms with Gasteiger partial charge in [-0.2, -0.15) is 31.9 Å². The first kappa shape index (κ1) is 39.1. The Morgan fingerprint density at radius 1 is 0.800 bits per heavy atom. The maximum Gasteiger partial charge on any atom is 0.394 e. The number of anilines is 2. The molecule has 0 saturated carbocycles. The van der Waals surface area contributed by atoms with Gasteiger partial charge in [-0.05, 0) is 42.3 Å². The summed E-state index contributed by atoms with van der Waals surface area (Å²) in [5, 5.41) is 0. The molecule has 0 bridgehead atoms. The van der Waals surface area contributed by atoms with Crippen LogP contribution in [0.3, 0.4) is 0 Å². The number of rotatable bonds is 7. The first-order valence-electron chi connectivity index (χ1n) is 14.7. The summed E-state index contributed by atoms with van der Waals surface area (Å²) in [4.78, 5) is 19.5. The maximum absolute atomic E-state index is 11.4.